The van der Waals surface area contributed by atoms with Crippen molar-refractivity contribution < 1.29 is 9.53 Å². The highest BCUT2D eigenvalue weighted by Crippen LogP contribution is 2.26. The summed E-state index contributed by atoms with van der Waals surface area (Å²) in [4.78, 5) is 20.3. The van der Waals surface area contributed by atoms with Crippen LogP contribution in [0.5, 0.6) is 0 Å². The minimum Gasteiger partial charge on any atom is -0.465 e. The second kappa shape index (κ2) is 7.76. The predicted molar refractivity (Wildman–Crippen MR) is 101 cm³/mol. The average molecular weight is 399 g/mol. The summed E-state index contributed by atoms with van der Waals surface area (Å²) in [5.74, 6) is 0.768. The fourth-order valence-corrected chi connectivity index (χ4v) is 2.60. The van der Waals surface area contributed by atoms with E-state index in [1.54, 1.807) is 24.3 Å². The molecule has 6 nitrogen and oxygen atoms in total. The van der Waals surface area contributed by atoms with E-state index in [9.17, 15) is 4.79 Å². The van der Waals surface area contributed by atoms with E-state index in [0.29, 0.717) is 22.9 Å². The van der Waals surface area contributed by atoms with Crippen molar-refractivity contribution in [3.63, 3.8) is 0 Å². The maximum absolute atomic E-state index is 11.9. The van der Waals surface area contributed by atoms with Crippen molar-refractivity contribution in [1.82, 2.24) is 9.97 Å². The number of nitrogens with one attached hydrogen (secondary N) is 2. The van der Waals surface area contributed by atoms with Gasteiger partial charge in [-0.3, -0.25) is 0 Å². The van der Waals surface area contributed by atoms with Gasteiger partial charge >= 0.3 is 5.97 Å². The van der Waals surface area contributed by atoms with E-state index in [1.807, 2.05) is 30.3 Å². The van der Waals surface area contributed by atoms with Crippen LogP contribution in [0.2, 0.25) is 0 Å². The zero-order valence-corrected chi connectivity index (χ0v) is 14.9. The maximum Gasteiger partial charge on any atom is 0.339 e. The standard InChI is InChI=1S/C18H15BrN4O2/c1-25-18(24)12-6-2-4-8-14(12)22-16-10-17(21-11-20-16)23-15-9-5-3-7-13(15)19/h2-11H,1H3,(H2,20,21,22,23). The van der Waals surface area contributed by atoms with Gasteiger partial charge < -0.3 is 15.4 Å². The lowest BCUT2D eigenvalue weighted by Crippen LogP contribution is -2.06. The number of para-hydroxylation sites is 2. The van der Waals surface area contributed by atoms with E-state index >= 15 is 0 Å². The third-order valence-electron chi connectivity index (χ3n) is 3.40. The summed E-state index contributed by atoms with van der Waals surface area (Å²) in [5.41, 5.74) is 1.94. The third-order valence-corrected chi connectivity index (χ3v) is 4.09. The lowest BCUT2D eigenvalue weighted by Gasteiger charge is -2.11. The number of rotatable bonds is 5. The zero-order chi connectivity index (χ0) is 17.6. The molecule has 0 saturated heterocycles. The van der Waals surface area contributed by atoms with Gasteiger partial charge in [-0.15, -0.1) is 0 Å². The molecule has 0 bridgehead atoms. The Hall–Kier alpha value is -2.93. The van der Waals surface area contributed by atoms with E-state index in [2.05, 4.69) is 36.5 Å². The molecule has 0 aliphatic carbocycles. The first-order valence-corrected chi connectivity index (χ1v) is 8.24. The Kier molecular flexibility index (Phi) is 5.25. The van der Waals surface area contributed by atoms with Crippen LogP contribution in [-0.2, 0) is 4.74 Å². The van der Waals surface area contributed by atoms with Crippen molar-refractivity contribution in [3.05, 3.63) is 71.0 Å². The van der Waals surface area contributed by atoms with E-state index in [-0.39, 0.29) is 0 Å². The maximum atomic E-state index is 11.9. The van der Waals surface area contributed by atoms with E-state index in [1.165, 1.54) is 13.4 Å². The largest absolute Gasteiger partial charge is 0.465 e. The number of anilines is 4. The van der Waals surface area contributed by atoms with Crippen molar-refractivity contribution in [2.45, 2.75) is 0 Å². The fourth-order valence-electron chi connectivity index (χ4n) is 2.21. The molecule has 3 rings (SSSR count). The molecular formula is C18H15BrN4O2. The molecule has 2 aromatic carbocycles. The molecule has 1 aromatic heterocycles. The Morgan fingerprint density at radius 3 is 2.24 bits per heavy atom. The summed E-state index contributed by atoms with van der Waals surface area (Å²) in [5, 5.41) is 6.34. The lowest BCUT2D eigenvalue weighted by molar-refractivity contribution is 0.0602. The molecule has 7 heteroatoms. The molecule has 0 aliphatic rings. The number of nitrogens with zero attached hydrogens (tertiary/aromatic N) is 2. The molecule has 0 radical (unpaired) electrons. The van der Waals surface area contributed by atoms with Gasteiger partial charge in [0.25, 0.3) is 0 Å². The Morgan fingerprint density at radius 1 is 0.960 bits per heavy atom. The molecule has 2 N–H and O–H groups in total. The number of aromatic nitrogens is 2. The Balaban J connectivity index is 1.84. The summed E-state index contributed by atoms with van der Waals surface area (Å²) in [6.07, 6.45) is 1.45. The van der Waals surface area contributed by atoms with Gasteiger partial charge in [0, 0.05) is 10.5 Å². The Bertz CT molecular complexity index is 902. The minimum absolute atomic E-state index is 0.413. The van der Waals surface area contributed by atoms with E-state index in [4.69, 9.17) is 4.74 Å². The first kappa shape index (κ1) is 16.9. The highest BCUT2D eigenvalue weighted by Gasteiger charge is 2.11. The number of methoxy groups -OCH3 is 1. The number of ether oxygens (including phenoxy) is 1. The van der Waals surface area contributed by atoms with Gasteiger partial charge in [-0.2, -0.15) is 0 Å². The van der Waals surface area contributed by atoms with Gasteiger partial charge in [-0.05, 0) is 40.2 Å². The van der Waals surface area contributed by atoms with Crippen molar-refractivity contribution >= 4 is 44.9 Å². The number of hydrogen-bond acceptors (Lipinski definition) is 6. The van der Waals surface area contributed by atoms with E-state index < -0.39 is 5.97 Å². The molecule has 0 aliphatic heterocycles. The number of halogens is 1. The summed E-state index contributed by atoms with van der Waals surface area (Å²) >= 11 is 3.49. The summed E-state index contributed by atoms with van der Waals surface area (Å²) in [6, 6.07) is 16.6. The smallest absolute Gasteiger partial charge is 0.339 e. The monoisotopic (exact) mass is 398 g/mol. The topological polar surface area (TPSA) is 76.1 Å². The summed E-state index contributed by atoms with van der Waals surface area (Å²) < 4.78 is 5.73. The van der Waals surface area contributed by atoms with Gasteiger partial charge in [-0.1, -0.05) is 24.3 Å². The van der Waals surface area contributed by atoms with Crippen molar-refractivity contribution in [2.24, 2.45) is 0 Å². The van der Waals surface area contributed by atoms with Crippen molar-refractivity contribution in [1.29, 1.82) is 0 Å². The number of esters is 1. The lowest BCUT2D eigenvalue weighted by atomic mass is 10.2. The summed E-state index contributed by atoms with van der Waals surface area (Å²) in [7, 11) is 1.35. The van der Waals surface area contributed by atoms with Gasteiger partial charge in [0.1, 0.15) is 18.0 Å². The molecule has 126 valence electrons. The molecule has 0 fully saturated rings. The molecule has 3 aromatic rings. The van der Waals surface area contributed by atoms with Crippen LogP contribution in [0, 0.1) is 0 Å². The highest BCUT2D eigenvalue weighted by molar-refractivity contribution is 9.10. The van der Waals surface area contributed by atoms with Crippen molar-refractivity contribution in [3.8, 4) is 0 Å². The normalized spacial score (nSPS) is 10.2. The molecular weight excluding hydrogens is 384 g/mol. The van der Waals surface area contributed by atoms with Gasteiger partial charge in [0.2, 0.25) is 0 Å². The first-order valence-electron chi connectivity index (χ1n) is 7.45. The molecule has 0 amide bonds. The van der Waals surface area contributed by atoms with Crippen LogP contribution in [0.25, 0.3) is 0 Å². The Labute approximate surface area is 153 Å². The highest BCUT2D eigenvalue weighted by atomic mass is 79.9. The molecule has 0 spiro atoms. The number of hydrogen-bond donors (Lipinski definition) is 2. The van der Waals surface area contributed by atoms with Gasteiger partial charge in [0.05, 0.1) is 24.0 Å². The molecule has 0 unspecified atom stereocenters. The number of benzene rings is 2. The predicted octanol–water partition coefficient (Wildman–Crippen LogP) is 4.51. The molecule has 0 saturated carbocycles. The van der Waals surface area contributed by atoms with Crippen molar-refractivity contribution in [2.75, 3.05) is 17.7 Å². The van der Waals surface area contributed by atoms with Crippen LogP contribution < -0.4 is 10.6 Å². The van der Waals surface area contributed by atoms with Crippen LogP contribution in [-0.4, -0.2) is 23.0 Å². The summed E-state index contributed by atoms with van der Waals surface area (Å²) in [6.45, 7) is 0. The van der Waals surface area contributed by atoms with Crippen LogP contribution in [0.4, 0.5) is 23.0 Å². The van der Waals surface area contributed by atoms with Gasteiger partial charge in [-0.25, -0.2) is 14.8 Å². The quantitative estimate of drug-likeness (QED) is 0.615. The van der Waals surface area contributed by atoms with Gasteiger partial charge in [0.15, 0.2) is 0 Å². The Morgan fingerprint density at radius 2 is 1.56 bits per heavy atom. The zero-order valence-electron chi connectivity index (χ0n) is 13.4. The number of carbonyl (C=O) groups excluding carboxylic acids is 1. The average Bonchev–Trinajstić information content (AvgIpc) is 2.64. The third kappa shape index (κ3) is 4.13. The van der Waals surface area contributed by atoms with E-state index in [0.717, 1.165) is 10.2 Å². The van der Waals surface area contributed by atoms with Crippen LogP contribution in [0.1, 0.15) is 10.4 Å². The van der Waals surface area contributed by atoms with Crippen LogP contribution in [0.15, 0.2) is 65.4 Å². The second-order valence-corrected chi connectivity index (χ2v) is 5.91. The minimum atomic E-state index is -0.413. The van der Waals surface area contributed by atoms with Crippen LogP contribution in [0.3, 0.4) is 0 Å². The fraction of sp³-hybridized carbons (Fsp3) is 0.0556. The second-order valence-electron chi connectivity index (χ2n) is 5.06. The molecule has 25 heavy (non-hydrogen) atoms. The molecule has 0 atom stereocenters. The first-order chi connectivity index (χ1) is 12.2. The molecule has 1 heterocycles. The number of carbonyl (C=O) groups is 1. The van der Waals surface area contributed by atoms with Crippen LogP contribution >= 0.6 is 15.9 Å². The SMILES string of the molecule is COC(=O)c1ccccc1Nc1cc(Nc2ccccc2Br)ncn1.